The molecule has 110 valence electrons. The Balaban J connectivity index is 2.36. The number of carbonyl (C=O) groups is 1. The standard InChI is InChI=1S/C15H15NO5/c1-18-11-5-4-6-12(19-2)14(11)21-13-9-10(7-8-16-13)15(17)20-3/h4-9H,1-3H3. The van der Waals surface area contributed by atoms with Gasteiger partial charge >= 0.3 is 5.97 Å². The number of hydrogen-bond acceptors (Lipinski definition) is 6. The van der Waals surface area contributed by atoms with Crippen LogP contribution in [0.3, 0.4) is 0 Å². The molecule has 0 saturated carbocycles. The molecule has 0 fully saturated rings. The van der Waals surface area contributed by atoms with E-state index in [2.05, 4.69) is 9.72 Å². The van der Waals surface area contributed by atoms with Crippen molar-refractivity contribution in [2.24, 2.45) is 0 Å². The topological polar surface area (TPSA) is 66.9 Å². The summed E-state index contributed by atoms with van der Waals surface area (Å²) in [5.74, 6) is 1.16. The molecule has 0 atom stereocenters. The van der Waals surface area contributed by atoms with Crippen LogP contribution in [0.15, 0.2) is 36.5 Å². The largest absolute Gasteiger partial charge is 0.493 e. The Labute approximate surface area is 122 Å². The highest BCUT2D eigenvalue weighted by Crippen LogP contribution is 2.39. The summed E-state index contributed by atoms with van der Waals surface area (Å²) < 4.78 is 20.8. The fraction of sp³-hybridized carbons (Fsp3) is 0.200. The minimum Gasteiger partial charge on any atom is -0.493 e. The van der Waals surface area contributed by atoms with E-state index < -0.39 is 5.97 Å². The third kappa shape index (κ3) is 3.22. The maximum Gasteiger partial charge on any atom is 0.338 e. The Hall–Kier alpha value is -2.76. The first kappa shape index (κ1) is 14.6. The second-order valence-corrected chi connectivity index (χ2v) is 3.97. The van der Waals surface area contributed by atoms with Crippen molar-refractivity contribution in [1.29, 1.82) is 0 Å². The molecule has 1 aromatic heterocycles. The van der Waals surface area contributed by atoms with E-state index in [4.69, 9.17) is 14.2 Å². The van der Waals surface area contributed by atoms with E-state index in [0.29, 0.717) is 22.8 Å². The van der Waals surface area contributed by atoms with Gasteiger partial charge in [-0.25, -0.2) is 9.78 Å². The van der Waals surface area contributed by atoms with Gasteiger partial charge in [0.15, 0.2) is 11.5 Å². The Kier molecular flexibility index (Phi) is 4.61. The first-order valence-electron chi connectivity index (χ1n) is 6.12. The molecule has 0 aliphatic heterocycles. The number of rotatable bonds is 5. The molecule has 0 amide bonds. The fourth-order valence-corrected chi connectivity index (χ4v) is 1.73. The number of nitrogens with zero attached hydrogens (tertiary/aromatic N) is 1. The second kappa shape index (κ2) is 6.60. The minimum absolute atomic E-state index is 0.237. The number of methoxy groups -OCH3 is 3. The Morgan fingerprint density at radius 3 is 2.29 bits per heavy atom. The number of benzene rings is 1. The molecule has 1 heterocycles. The first-order chi connectivity index (χ1) is 10.2. The lowest BCUT2D eigenvalue weighted by Gasteiger charge is -2.13. The molecule has 2 rings (SSSR count). The maximum atomic E-state index is 11.5. The normalized spacial score (nSPS) is 9.86. The van der Waals surface area contributed by atoms with E-state index >= 15 is 0 Å². The van der Waals surface area contributed by atoms with Gasteiger partial charge in [-0.3, -0.25) is 0 Å². The number of para-hydroxylation sites is 1. The van der Waals surface area contributed by atoms with Crippen molar-refractivity contribution < 1.29 is 23.7 Å². The van der Waals surface area contributed by atoms with Gasteiger partial charge in [-0.15, -0.1) is 0 Å². The van der Waals surface area contributed by atoms with Crippen LogP contribution < -0.4 is 14.2 Å². The summed E-state index contributed by atoms with van der Waals surface area (Å²) in [5, 5.41) is 0. The van der Waals surface area contributed by atoms with Gasteiger partial charge in [-0.05, 0) is 18.2 Å². The lowest BCUT2D eigenvalue weighted by Crippen LogP contribution is -2.02. The third-order valence-electron chi connectivity index (χ3n) is 2.75. The van der Waals surface area contributed by atoms with Crippen LogP contribution in [0, 0.1) is 0 Å². The number of carbonyl (C=O) groups excluding carboxylic acids is 1. The van der Waals surface area contributed by atoms with Gasteiger partial charge in [-0.2, -0.15) is 0 Å². The lowest BCUT2D eigenvalue weighted by molar-refractivity contribution is 0.0600. The zero-order valence-corrected chi connectivity index (χ0v) is 12.0. The van der Waals surface area contributed by atoms with Crippen LogP contribution in [-0.2, 0) is 4.74 Å². The van der Waals surface area contributed by atoms with E-state index in [1.807, 2.05) is 0 Å². The zero-order valence-electron chi connectivity index (χ0n) is 12.0. The van der Waals surface area contributed by atoms with Crippen LogP contribution >= 0.6 is 0 Å². The monoisotopic (exact) mass is 289 g/mol. The Morgan fingerprint density at radius 1 is 1.05 bits per heavy atom. The maximum absolute atomic E-state index is 11.5. The molecule has 21 heavy (non-hydrogen) atoms. The van der Waals surface area contributed by atoms with E-state index in [1.165, 1.54) is 39.7 Å². The summed E-state index contributed by atoms with van der Waals surface area (Å²) in [5.41, 5.74) is 0.344. The highest BCUT2D eigenvalue weighted by molar-refractivity contribution is 5.89. The van der Waals surface area contributed by atoms with Crippen molar-refractivity contribution in [3.63, 3.8) is 0 Å². The number of hydrogen-bond donors (Lipinski definition) is 0. The van der Waals surface area contributed by atoms with Crippen LogP contribution in [0.4, 0.5) is 0 Å². The van der Waals surface area contributed by atoms with Crippen molar-refractivity contribution in [1.82, 2.24) is 4.98 Å². The van der Waals surface area contributed by atoms with E-state index in [1.54, 1.807) is 18.2 Å². The van der Waals surface area contributed by atoms with Gasteiger partial charge in [-0.1, -0.05) is 6.07 Å². The van der Waals surface area contributed by atoms with E-state index in [0.717, 1.165) is 0 Å². The van der Waals surface area contributed by atoms with E-state index in [9.17, 15) is 4.79 Å². The average Bonchev–Trinajstić information content (AvgIpc) is 2.54. The van der Waals surface area contributed by atoms with Crippen molar-refractivity contribution in [2.45, 2.75) is 0 Å². The Bertz CT molecular complexity index is 619. The summed E-state index contributed by atoms with van der Waals surface area (Å²) in [6.07, 6.45) is 1.46. The SMILES string of the molecule is COC(=O)c1ccnc(Oc2c(OC)cccc2OC)c1. The van der Waals surface area contributed by atoms with Crippen molar-refractivity contribution in [2.75, 3.05) is 21.3 Å². The van der Waals surface area contributed by atoms with Gasteiger partial charge < -0.3 is 18.9 Å². The minimum atomic E-state index is -0.464. The van der Waals surface area contributed by atoms with Crippen LogP contribution in [0.5, 0.6) is 23.1 Å². The molecule has 0 N–H and O–H groups in total. The third-order valence-corrected chi connectivity index (χ3v) is 2.75. The summed E-state index contributed by atoms with van der Waals surface area (Å²) in [7, 11) is 4.37. The molecule has 0 radical (unpaired) electrons. The summed E-state index contributed by atoms with van der Waals surface area (Å²) in [6, 6.07) is 8.28. The molecule has 0 bridgehead atoms. The van der Waals surface area contributed by atoms with Crippen molar-refractivity contribution in [3.8, 4) is 23.1 Å². The average molecular weight is 289 g/mol. The van der Waals surface area contributed by atoms with Crippen LogP contribution in [-0.4, -0.2) is 32.3 Å². The number of ether oxygens (including phenoxy) is 4. The predicted molar refractivity (Wildman–Crippen MR) is 75.2 cm³/mol. The highest BCUT2D eigenvalue weighted by Gasteiger charge is 2.14. The number of esters is 1. The molecule has 0 aliphatic rings. The molecule has 0 spiro atoms. The number of pyridine rings is 1. The molecule has 0 aliphatic carbocycles. The van der Waals surface area contributed by atoms with Crippen LogP contribution in [0.2, 0.25) is 0 Å². The molecule has 0 saturated heterocycles. The summed E-state index contributed by atoms with van der Waals surface area (Å²) in [6.45, 7) is 0. The fourth-order valence-electron chi connectivity index (χ4n) is 1.73. The van der Waals surface area contributed by atoms with Crippen LogP contribution in [0.25, 0.3) is 0 Å². The Morgan fingerprint density at radius 2 is 1.71 bits per heavy atom. The lowest BCUT2D eigenvalue weighted by atomic mass is 10.2. The highest BCUT2D eigenvalue weighted by atomic mass is 16.5. The molecule has 0 unspecified atom stereocenters. The molecule has 2 aromatic rings. The smallest absolute Gasteiger partial charge is 0.338 e. The first-order valence-corrected chi connectivity index (χ1v) is 6.12. The summed E-state index contributed by atoms with van der Waals surface area (Å²) >= 11 is 0. The zero-order chi connectivity index (χ0) is 15.2. The molecular weight excluding hydrogens is 274 g/mol. The van der Waals surface area contributed by atoms with Gasteiger partial charge in [0.2, 0.25) is 11.6 Å². The second-order valence-electron chi connectivity index (χ2n) is 3.97. The van der Waals surface area contributed by atoms with Gasteiger partial charge in [0.25, 0.3) is 0 Å². The van der Waals surface area contributed by atoms with Crippen molar-refractivity contribution in [3.05, 3.63) is 42.1 Å². The molecule has 6 heteroatoms. The molecular formula is C15H15NO5. The molecule has 1 aromatic carbocycles. The quantitative estimate of drug-likeness (QED) is 0.788. The predicted octanol–water partition coefficient (Wildman–Crippen LogP) is 2.68. The van der Waals surface area contributed by atoms with Crippen molar-refractivity contribution >= 4 is 5.97 Å². The summed E-state index contributed by atoms with van der Waals surface area (Å²) in [4.78, 5) is 15.6. The van der Waals surface area contributed by atoms with Gasteiger partial charge in [0.1, 0.15) is 0 Å². The van der Waals surface area contributed by atoms with Crippen LogP contribution in [0.1, 0.15) is 10.4 Å². The van der Waals surface area contributed by atoms with Gasteiger partial charge in [0.05, 0.1) is 26.9 Å². The molecule has 6 nitrogen and oxygen atoms in total. The van der Waals surface area contributed by atoms with E-state index in [-0.39, 0.29) is 5.88 Å². The number of aromatic nitrogens is 1. The van der Waals surface area contributed by atoms with Gasteiger partial charge in [0, 0.05) is 12.3 Å².